The number of aromatic nitrogens is 3. The number of carbonyl (C=O) groups is 2. The number of nitrogens with two attached hydrogens (primary N) is 1. The number of primary amides is 1. The predicted molar refractivity (Wildman–Crippen MR) is 90.5 cm³/mol. The van der Waals surface area contributed by atoms with Gasteiger partial charge in [-0.3, -0.25) is 9.59 Å². The van der Waals surface area contributed by atoms with Gasteiger partial charge in [-0.25, -0.2) is 4.98 Å². The Morgan fingerprint density at radius 3 is 2.80 bits per heavy atom. The van der Waals surface area contributed by atoms with E-state index in [0.29, 0.717) is 37.5 Å². The molecule has 2 aromatic rings. The second-order valence-electron chi connectivity index (χ2n) is 6.62. The van der Waals surface area contributed by atoms with Gasteiger partial charge in [-0.05, 0) is 26.2 Å². The van der Waals surface area contributed by atoms with Gasteiger partial charge >= 0.3 is 0 Å². The zero-order chi connectivity index (χ0) is 17.9. The lowest BCUT2D eigenvalue weighted by atomic mass is 10.1. The van der Waals surface area contributed by atoms with Gasteiger partial charge in [0.2, 0.25) is 11.8 Å². The first-order chi connectivity index (χ1) is 12.0. The molecule has 1 aliphatic carbocycles. The summed E-state index contributed by atoms with van der Waals surface area (Å²) in [5, 5.41) is 11.0. The summed E-state index contributed by atoms with van der Waals surface area (Å²) in [7, 11) is 0. The van der Waals surface area contributed by atoms with Gasteiger partial charge in [0.15, 0.2) is 0 Å². The lowest BCUT2D eigenvalue weighted by Gasteiger charge is -2.17. The molecule has 0 atom stereocenters. The molecule has 3 rings (SSSR count). The van der Waals surface area contributed by atoms with Crippen LogP contribution in [0.3, 0.4) is 0 Å². The molecule has 1 fully saturated rings. The van der Waals surface area contributed by atoms with Gasteiger partial charge in [-0.1, -0.05) is 5.16 Å². The van der Waals surface area contributed by atoms with Crippen LogP contribution in [0.25, 0.3) is 11.1 Å². The van der Waals surface area contributed by atoms with Crippen molar-refractivity contribution in [1.82, 2.24) is 20.4 Å². The summed E-state index contributed by atoms with van der Waals surface area (Å²) in [6.45, 7) is 3.15. The Balaban J connectivity index is 1.50. The standard InChI is InChI=1S/C16H22N6O3/c1-10-13-14(20-9-21-15(13)25-22-10)19-8-16(5-6-16)7-18-12(24)4-2-3-11(17)23/h9H,2-8H2,1H3,(H2,17,23)(H,18,24)(H,19,20,21). The van der Waals surface area contributed by atoms with Crippen molar-refractivity contribution in [2.24, 2.45) is 11.1 Å². The second-order valence-corrected chi connectivity index (χ2v) is 6.62. The summed E-state index contributed by atoms with van der Waals surface area (Å²) in [4.78, 5) is 30.8. The van der Waals surface area contributed by atoms with Crippen molar-refractivity contribution >= 4 is 28.7 Å². The molecule has 25 heavy (non-hydrogen) atoms. The van der Waals surface area contributed by atoms with Crippen molar-refractivity contribution < 1.29 is 14.1 Å². The third kappa shape index (κ3) is 4.23. The Morgan fingerprint density at radius 2 is 2.08 bits per heavy atom. The van der Waals surface area contributed by atoms with Crippen LogP contribution in [-0.2, 0) is 9.59 Å². The van der Waals surface area contributed by atoms with Crippen LogP contribution in [0, 0.1) is 12.3 Å². The Hall–Kier alpha value is -2.71. The number of hydrogen-bond donors (Lipinski definition) is 3. The third-order valence-corrected chi connectivity index (χ3v) is 4.52. The fourth-order valence-electron chi connectivity index (χ4n) is 2.72. The zero-order valence-corrected chi connectivity index (χ0v) is 14.2. The molecule has 0 bridgehead atoms. The number of aryl methyl sites for hydroxylation is 1. The van der Waals surface area contributed by atoms with Gasteiger partial charge in [-0.15, -0.1) is 0 Å². The highest BCUT2D eigenvalue weighted by molar-refractivity contribution is 5.87. The summed E-state index contributed by atoms with van der Waals surface area (Å²) < 4.78 is 5.14. The Labute approximate surface area is 144 Å². The Kier molecular flexibility index (Phi) is 4.82. The van der Waals surface area contributed by atoms with E-state index >= 15 is 0 Å². The van der Waals surface area contributed by atoms with E-state index in [-0.39, 0.29) is 23.7 Å². The first-order valence-corrected chi connectivity index (χ1v) is 8.35. The molecule has 2 aromatic heterocycles. The maximum Gasteiger partial charge on any atom is 0.263 e. The van der Waals surface area contributed by atoms with Crippen LogP contribution in [0.15, 0.2) is 10.9 Å². The summed E-state index contributed by atoms with van der Waals surface area (Å²) >= 11 is 0. The lowest BCUT2D eigenvalue weighted by molar-refractivity contribution is -0.121. The second kappa shape index (κ2) is 7.04. The number of fused-ring (bicyclic) bond motifs is 1. The minimum absolute atomic E-state index is 0.0433. The molecular formula is C16H22N6O3. The molecule has 9 heteroatoms. The fraction of sp³-hybridized carbons (Fsp3) is 0.562. The smallest absolute Gasteiger partial charge is 0.263 e. The highest BCUT2D eigenvalue weighted by Crippen LogP contribution is 2.45. The molecule has 4 N–H and O–H groups in total. The molecule has 134 valence electrons. The van der Waals surface area contributed by atoms with Gasteiger partial charge in [0.1, 0.15) is 17.5 Å². The number of rotatable bonds is 9. The van der Waals surface area contributed by atoms with Crippen LogP contribution < -0.4 is 16.4 Å². The molecule has 0 spiro atoms. The average molecular weight is 346 g/mol. The van der Waals surface area contributed by atoms with E-state index in [4.69, 9.17) is 10.3 Å². The van der Waals surface area contributed by atoms with Crippen LogP contribution in [-0.4, -0.2) is 40.0 Å². The molecule has 9 nitrogen and oxygen atoms in total. The average Bonchev–Trinajstić information content (AvgIpc) is 3.26. The van der Waals surface area contributed by atoms with E-state index in [9.17, 15) is 9.59 Å². The van der Waals surface area contributed by atoms with E-state index in [1.165, 1.54) is 6.33 Å². The van der Waals surface area contributed by atoms with E-state index < -0.39 is 0 Å². The van der Waals surface area contributed by atoms with Crippen molar-refractivity contribution in [3.8, 4) is 0 Å². The lowest BCUT2D eigenvalue weighted by Crippen LogP contribution is -2.33. The number of nitrogens with zero attached hydrogens (tertiary/aromatic N) is 3. The van der Waals surface area contributed by atoms with Crippen molar-refractivity contribution in [2.45, 2.75) is 39.0 Å². The van der Waals surface area contributed by atoms with Crippen LogP contribution >= 0.6 is 0 Å². The summed E-state index contributed by atoms with van der Waals surface area (Å²) in [5.74, 6) is 0.269. The molecular weight excluding hydrogens is 324 g/mol. The SMILES string of the molecule is Cc1noc2ncnc(NCC3(CNC(=O)CCCC(N)=O)CC3)c12. The van der Waals surface area contributed by atoms with Crippen molar-refractivity contribution in [3.63, 3.8) is 0 Å². The van der Waals surface area contributed by atoms with Gasteiger partial charge < -0.3 is 20.9 Å². The molecule has 0 aromatic carbocycles. The summed E-state index contributed by atoms with van der Waals surface area (Å²) in [6.07, 6.45) is 4.56. The van der Waals surface area contributed by atoms with E-state index in [2.05, 4.69) is 25.8 Å². The topological polar surface area (TPSA) is 136 Å². The maximum atomic E-state index is 11.8. The number of carbonyl (C=O) groups excluding carboxylic acids is 2. The molecule has 0 unspecified atom stereocenters. The Morgan fingerprint density at radius 1 is 1.28 bits per heavy atom. The molecule has 0 radical (unpaired) electrons. The Bertz CT molecular complexity index is 783. The molecule has 2 amide bonds. The molecule has 2 heterocycles. The summed E-state index contributed by atoms with van der Waals surface area (Å²) in [5.41, 5.74) is 6.31. The van der Waals surface area contributed by atoms with Crippen LogP contribution in [0.5, 0.6) is 0 Å². The number of anilines is 1. The minimum Gasteiger partial charge on any atom is -0.370 e. The summed E-state index contributed by atoms with van der Waals surface area (Å²) in [6, 6.07) is 0. The van der Waals surface area contributed by atoms with Gasteiger partial charge in [-0.2, -0.15) is 4.98 Å². The van der Waals surface area contributed by atoms with E-state index in [0.717, 1.165) is 23.9 Å². The third-order valence-electron chi connectivity index (χ3n) is 4.52. The van der Waals surface area contributed by atoms with Crippen molar-refractivity contribution in [1.29, 1.82) is 0 Å². The number of hydrogen-bond acceptors (Lipinski definition) is 7. The molecule has 1 aliphatic rings. The normalized spacial score (nSPS) is 15.1. The minimum atomic E-state index is -0.379. The van der Waals surface area contributed by atoms with Crippen molar-refractivity contribution in [3.05, 3.63) is 12.0 Å². The van der Waals surface area contributed by atoms with Gasteiger partial charge in [0.05, 0.1) is 5.69 Å². The number of nitrogens with one attached hydrogen (secondary N) is 2. The first kappa shape index (κ1) is 17.1. The van der Waals surface area contributed by atoms with Gasteiger partial charge in [0, 0.05) is 31.3 Å². The maximum absolute atomic E-state index is 11.8. The van der Waals surface area contributed by atoms with E-state index in [1.807, 2.05) is 6.92 Å². The highest BCUT2D eigenvalue weighted by Gasteiger charge is 2.42. The van der Waals surface area contributed by atoms with E-state index in [1.54, 1.807) is 0 Å². The molecule has 0 aliphatic heterocycles. The quantitative estimate of drug-likeness (QED) is 0.613. The number of amides is 2. The molecule has 1 saturated carbocycles. The van der Waals surface area contributed by atoms with Crippen LogP contribution in [0.1, 0.15) is 37.8 Å². The largest absolute Gasteiger partial charge is 0.370 e. The zero-order valence-electron chi connectivity index (χ0n) is 14.2. The highest BCUT2D eigenvalue weighted by atomic mass is 16.5. The predicted octanol–water partition coefficient (Wildman–Crippen LogP) is 0.890. The van der Waals surface area contributed by atoms with Crippen LogP contribution in [0.2, 0.25) is 0 Å². The van der Waals surface area contributed by atoms with Crippen LogP contribution in [0.4, 0.5) is 5.82 Å². The molecule has 0 saturated heterocycles. The van der Waals surface area contributed by atoms with Crippen molar-refractivity contribution in [2.75, 3.05) is 18.4 Å². The monoisotopic (exact) mass is 346 g/mol. The van der Waals surface area contributed by atoms with Gasteiger partial charge in [0.25, 0.3) is 5.71 Å². The first-order valence-electron chi connectivity index (χ1n) is 8.35. The fourth-order valence-corrected chi connectivity index (χ4v) is 2.72.